The Morgan fingerprint density at radius 1 is 1.50 bits per heavy atom. The third kappa shape index (κ3) is 7.40. The van der Waals surface area contributed by atoms with E-state index in [4.69, 9.17) is 0 Å². The maximum atomic E-state index is 10.9. The lowest BCUT2D eigenvalue weighted by atomic mass is 10.1. The van der Waals surface area contributed by atoms with Gasteiger partial charge in [-0.05, 0) is 0 Å². The summed E-state index contributed by atoms with van der Waals surface area (Å²) in [5, 5.41) is 12.1. The molecule has 0 aromatic carbocycles. The number of rotatable bonds is 4. The Labute approximate surface area is 76.8 Å². The van der Waals surface area contributed by atoms with Gasteiger partial charge in [0.05, 0.1) is 12.5 Å². The zero-order valence-corrected chi connectivity index (χ0v) is 7.98. The van der Waals surface area contributed by atoms with Gasteiger partial charge < -0.3 is 15.2 Å². The van der Waals surface area contributed by atoms with Crippen LogP contribution in [0.2, 0.25) is 0 Å². The second-order valence-electron chi connectivity index (χ2n) is 3.14. The van der Waals surface area contributed by atoms with E-state index in [0.717, 1.165) is 0 Å². The van der Waals surface area contributed by atoms with Gasteiger partial charge in [-0.25, -0.2) is 0 Å². The number of nitrogens with one attached hydrogen (secondary N) is 1. The molecule has 0 bridgehead atoms. The highest BCUT2D eigenvalue weighted by Crippen LogP contribution is 2.15. The number of hydrogen-bond donors (Lipinski definition) is 2. The molecule has 4 nitrogen and oxygen atoms in total. The Morgan fingerprint density at radius 3 is 2.33 bits per heavy atom. The molecule has 0 aromatic rings. The highest BCUT2D eigenvalue weighted by molar-refractivity contribution is 7.81. The predicted molar refractivity (Wildman–Crippen MR) is 45.7 cm³/mol. The second kappa shape index (κ2) is 4.35. The Balaban J connectivity index is 3.68. The van der Waals surface area contributed by atoms with E-state index in [1.54, 1.807) is 13.8 Å². The van der Waals surface area contributed by atoms with Gasteiger partial charge in [0.25, 0.3) is 0 Å². The fourth-order valence-electron chi connectivity index (χ4n) is 0.626. The van der Waals surface area contributed by atoms with Crippen molar-refractivity contribution < 1.29 is 14.7 Å². The van der Waals surface area contributed by atoms with Gasteiger partial charge in [0.2, 0.25) is 5.91 Å². The largest absolute Gasteiger partial charge is 0.548 e. The van der Waals surface area contributed by atoms with Crippen LogP contribution in [0, 0.1) is 0 Å². The second-order valence-corrected chi connectivity index (χ2v) is 4.35. The van der Waals surface area contributed by atoms with E-state index in [-0.39, 0.29) is 12.3 Å². The lowest BCUT2D eigenvalue weighted by Crippen LogP contribution is -2.39. The Hall–Kier alpha value is -0.710. The van der Waals surface area contributed by atoms with Crippen molar-refractivity contribution in [3.8, 4) is 0 Å². The van der Waals surface area contributed by atoms with Crippen LogP contribution in [0.15, 0.2) is 0 Å². The summed E-state index contributed by atoms with van der Waals surface area (Å²) in [5.74, 6) is -1.63. The molecule has 0 aliphatic carbocycles. The average molecular weight is 190 g/mol. The van der Waals surface area contributed by atoms with Crippen molar-refractivity contribution in [2.24, 2.45) is 0 Å². The van der Waals surface area contributed by atoms with Crippen LogP contribution in [0.25, 0.3) is 0 Å². The van der Waals surface area contributed by atoms with Gasteiger partial charge in [0.15, 0.2) is 0 Å². The molecule has 0 atom stereocenters. The highest BCUT2D eigenvalue weighted by Gasteiger charge is 2.16. The van der Waals surface area contributed by atoms with Crippen LogP contribution in [0.4, 0.5) is 0 Å². The smallest absolute Gasteiger partial charge is 0.221 e. The number of amides is 1. The van der Waals surface area contributed by atoms with E-state index in [0.29, 0.717) is 0 Å². The summed E-state index contributed by atoms with van der Waals surface area (Å²) in [4.78, 5) is 20.8. The van der Waals surface area contributed by atoms with E-state index < -0.39 is 17.3 Å². The normalized spacial score (nSPS) is 10.9. The minimum absolute atomic E-state index is 0.184. The van der Waals surface area contributed by atoms with E-state index in [9.17, 15) is 14.7 Å². The zero-order chi connectivity index (χ0) is 9.78. The first-order valence-electron chi connectivity index (χ1n) is 3.50. The van der Waals surface area contributed by atoms with Crippen LogP contribution in [0.1, 0.15) is 20.3 Å². The predicted octanol–water partition coefficient (Wildman–Crippen LogP) is -1.05. The Morgan fingerprint density at radius 2 is 2.00 bits per heavy atom. The number of carboxylic acid groups (broad SMARTS) is 1. The molecule has 0 saturated carbocycles. The molecule has 0 aromatic heterocycles. The van der Waals surface area contributed by atoms with Gasteiger partial charge in [-0.15, -0.1) is 0 Å². The monoisotopic (exact) mass is 190 g/mol. The maximum absolute atomic E-state index is 10.9. The number of aliphatic carboxylic acids is 1. The molecule has 0 heterocycles. The minimum Gasteiger partial charge on any atom is -0.548 e. The third-order valence-corrected chi connectivity index (χ3v) is 1.18. The maximum Gasteiger partial charge on any atom is 0.221 e. The molecule has 0 aliphatic rings. The molecule has 0 saturated heterocycles. The van der Waals surface area contributed by atoms with Crippen molar-refractivity contribution in [2.75, 3.05) is 6.54 Å². The first-order valence-corrected chi connectivity index (χ1v) is 3.95. The summed E-state index contributed by atoms with van der Waals surface area (Å²) in [7, 11) is 0. The summed E-state index contributed by atoms with van der Waals surface area (Å²) in [6.07, 6.45) is 0.184. The van der Waals surface area contributed by atoms with E-state index >= 15 is 0 Å². The van der Waals surface area contributed by atoms with Crippen molar-refractivity contribution in [1.29, 1.82) is 0 Å². The molecule has 70 valence electrons. The molecule has 0 spiro atoms. The van der Waals surface area contributed by atoms with Crippen LogP contribution in [0.3, 0.4) is 0 Å². The number of carboxylic acids is 1. The fraction of sp³-hybridized carbons (Fsp3) is 0.714. The molecule has 1 N–H and O–H groups in total. The van der Waals surface area contributed by atoms with Gasteiger partial charge in [0, 0.05) is 11.2 Å². The summed E-state index contributed by atoms with van der Waals surface area (Å²) in [6.45, 7) is 3.10. The minimum atomic E-state index is -1.29. The highest BCUT2D eigenvalue weighted by atomic mass is 32.1. The first-order chi connectivity index (χ1) is 5.31. The molecule has 0 rings (SSSR count). The summed E-state index contributed by atoms with van der Waals surface area (Å²) >= 11 is 4.11. The molecule has 5 heteroatoms. The SMILES string of the molecule is CC(C)(S)CC(=O)NCC(=O)[O-]. The summed E-state index contributed by atoms with van der Waals surface area (Å²) < 4.78 is -0.421. The molecule has 0 fully saturated rings. The van der Waals surface area contributed by atoms with Gasteiger partial charge in [-0.1, -0.05) is 13.8 Å². The van der Waals surface area contributed by atoms with Crippen molar-refractivity contribution in [3.05, 3.63) is 0 Å². The van der Waals surface area contributed by atoms with E-state index in [1.807, 2.05) is 0 Å². The van der Waals surface area contributed by atoms with Gasteiger partial charge in [-0.2, -0.15) is 12.6 Å². The van der Waals surface area contributed by atoms with Gasteiger partial charge >= 0.3 is 0 Å². The van der Waals surface area contributed by atoms with E-state index in [1.165, 1.54) is 0 Å². The van der Waals surface area contributed by atoms with Crippen molar-refractivity contribution >= 4 is 24.5 Å². The van der Waals surface area contributed by atoms with E-state index in [2.05, 4.69) is 17.9 Å². The molecular weight excluding hydrogens is 178 g/mol. The Bertz CT molecular complexity index is 186. The van der Waals surface area contributed by atoms with Crippen molar-refractivity contribution in [2.45, 2.75) is 25.0 Å². The molecule has 0 aliphatic heterocycles. The van der Waals surface area contributed by atoms with Crippen LogP contribution < -0.4 is 10.4 Å². The van der Waals surface area contributed by atoms with Crippen LogP contribution >= 0.6 is 12.6 Å². The third-order valence-electron chi connectivity index (χ3n) is 1.02. The first kappa shape index (κ1) is 11.3. The average Bonchev–Trinajstić information content (AvgIpc) is 1.79. The molecule has 0 unspecified atom stereocenters. The molecule has 1 amide bonds. The van der Waals surface area contributed by atoms with Crippen LogP contribution in [0.5, 0.6) is 0 Å². The van der Waals surface area contributed by atoms with Crippen LogP contribution in [-0.2, 0) is 9.59 Å². The van der Waals surface area contributed by atoms with Gasteiger partial charge in [-0.3, -0.25) is 4.79 Å². The topological polar surface area (TPSA) is 69.2 Å². The molecular formula is C7H12NO3S-. The number of hydrogen-bond acceptors (Lipinski definition) is 4. The standard InChI is InChI=1S/C7H13NO3S/c1-7(2,12)3-5(9)8-4-6(10)11/h12H,3-4H2,1-2H3,(H,8,9)(H,10,11)/p-1. The number of carbonyl (C=O) groups excluding carboxylic acids is 2. The number of carbonyl (C=O) groups is 2. The fourth-order valence-corrected chi connectivity index (χ4v) is 0.770. The number of thiol groups is 1. The zero-order valence-electron chi connectivity index (χ0n) is 7.09. The summed E-state index contributed by atoms with van der Waals surface area (Å²) in [6, 6.07) is 0. The van der Waals surface area contributed by atoms with Gasteiger partial charge in [0.1, 0.15) is 0 Å². The van der Waals surface area contributed by atoms with Crippen molar-refractivity contribution in [3.63, 3.8) is 0 Å². The van der Waals surface area contributed by atoms with Crippen molar-refractivity contribution in [1.82, 2.24) is 5.32 Å². The lowest BCUT2D eigenvalue weighted by Gasteiger charge is -2.16. The Kier molecular flexibility index (Phi) is 4.09. The quantitative estimate of drug-likeness (QED) is 0.556. The lowest BCUT2D eigenvalue weighted by molar-refractivity contribution is -0.304. The molecule has 12 heavy (non-hydrogen) atoms. The molecule has 0 radical (unpaired) electrons. The van der Waals surface area contributed by atoms with Crippen LogP contribution in [-0.4, -0.2) is 23.2 Å². The summed E-state index contributed by atoms with van der Waals surface area (Å²) in [5.41, 5.74) is 0.